The van der Waals surface area contributed by atoms with Crippen molar-refractivity contribution in [1.82, 2.24) is 10.3 Å². The van der Waals surface area contributed by atoms with E-state index in [1.165, 1.54) is 6.42 Å². The molecule has 0 saturated carbocycles. The van der Waals surface area contributed by atoms with Gasteiger partial charge in [-0.1, -0.05) is 0 Å². The topological polar surface area (TPSA) is 67.2 Å². The Morgan fingerprint density at radius 2 is 2.45 bits per heavy atom. The summed E-state index contributed by atoms with van der Waals surface area (Å²) in [6.07, 6.45) is 2.69. The van der Waals surface area contributed by atoms with Crippen molar-refractivity contribution in [2.45, 2.75) is 26.2 Å². The van der Waals surface area contributed by atoms with Gasteiger partial charge in [0, 0.05) is 25.1 Å². The van der Waals surface area contributed by atoms with Crippen LogP contribution in [0.1, 0.15) is 25.2 Å². The number of rotatable bonds is 4. The number of oxazole rings is 1. The molecule has 2 aromatic rings. The van der Waals surface area contributed by atoms with Crippen molar-refractivity contribution < 1.29 is 9.21 Å². The summed E-state index contributed by atoms with van der Waals surface area (Å²) in [6.45, 7) is 3.93. The third-order valence-electron chi connectivity index (χ3n) is 3.72. The molecule has 2 heterocycles. The molecule has 1 amide bonds. The molecule has 1 atom stereocenters. The quantitative estimate of drug-likeness (QED) is 0.898. The number of carbonyl (C=O) groups excluding carboxylic acids is 1. The molecule has 0 bridgehead atoms. The van der Waals surface area contributed by atoms with Gasteiger partial charge >= 0.3 is 0 Å². The van der Waals surface area contributed by atoms with Crippen LogP contribution >= 0.6 is 0 Å². The fraction of sp³-hybridized carbons (Fsp3) is 0.467. The number of hydrogen-bond donors (Lipinski definition) is 2. The maximum Gasteiger partial charge on any atom is 0.224 e. The smallest absolute Gasteiger partial charge is 0.224 e. The predicted octanol–water partition coefficient (Wildman–Crippen LogP) is 2.46. The van der Waals surface area contributed by atoms with Crippen LogP contribution in [0.15, 0.2) is 22.6 Å². The number of anilines is 1. The van der Waals surface area contributed by atoms with Gasteiger partial charge in [-0.2, -0.15) is 0 Å². The largest absolute Gasteiger partial charge is 0.441 e. The van der Waals surface area contributed by atoms with Gasteiger partial charge in [-0.3, -0.25) is 4.79 Å². The second kappa shape index (κ2) is 5.63. The van der Waals surface area contributed by atoms with E-state index >= 15 is 0 Å². The average Bonchev–Trinajstić information content (AvgIpc) is 3.04. The number of amides is 1. The van der Waals surface area contributed by atoms with E-state index in [1.54, 1.807) is 0 Å². The normalized spacial score (nSPS) is 18.6. The number of carbonyl (C=O) groups is 1. The third-order valence-corrected chi connectivity index (χ3v) is 3.72. The molecule has 1 unspecified atom stereocenters. The molecule has 1 saturated heterocycles. The molecule has 5 nitrogen and oxygen atoms in total. The van der Waals surface area contributed by atoms with Crippen LogP contribution in [-0.4, -0.2) is 24.0 Å². The Labute approximate surface area is 117 Å². The van der Waals surface area contributed by atoms with Gasteiger partial charge in [0.2, 0.25) is 5.91 Å². The van der Waals surface area contributed by atoms with E-state index in [1.807, 2.05) is 25.1 Å². The van der Waals surface area contributed by atoms with Crippen LogP contribution in [0.5, 0.6) is 0 Å². The summed E-state index contributed by atoms with van der Waals surface area (Å²) >= 11 is 0. The molecule has 1 fully saturated rings. The molecule has 0 radical (unpaired) electrons. The molecule has 2 N–H and O–H groups in total. The lowest BCUT2D eigenvalue weighted by atomic mass is 10.0. The predicted molar refractivity (Wildman–Crippen MR) is 77.6 cm³/mol. The summed E-state index contributed by atoms with van der Waals surface area (Å²) in [4.78, 5) is 16.2. The summed E-state index contributed by atoms with van der Waals surface area (Å²) in [6, 6.07) is 5.55. The number of benzene rings is 1. The fourth-order valence-electron chi connectivity index (χ4n) is 2.64. The van der Waals surface area contributed by atoms with E-state index in [4.69, 9.17) is 4.42 Å². The van der Waals surface area contributed by atoms with Crippen LogP contribution in [0.4, 0.5) is 5.69 Å². The Morgan fingerprint density at radius 3 is 3.25 bits per heavy atom. The van der Waals surface area contributed by atoms with Crippen LogP contribution in [-0.2, 0) is 4.79 Å². The first kappa shape index (κ1) is 13.1. The number of nitrogens with zero attached hydrogens (tertiary/aromatic N) is 1. The second-order valence-corrected chi connectivity index (χ2v) is 5.36. The van der Waals surface area contributed by atoms with Gasteiger partial charge in [0.25, 0.3) is 0 Å². The summed E-state index contributed by atoms with van der Waals surface area (Å²) in [5, 5.41) is 6.24. The lowest BCUT2D eigenvalue weighted by Crippen LogP contribution is -2.14. The number of aryl methyl sites for hydroxylation is 1. The lowest BCUT2D eigenvalue weighted by Gasteiger charge is -2.08. The fourth-order valence-corrected chi connectivity index (χ4v) is 2.64. The van der Waals surface area contributed by atoms with Gasteiger partial charge in [-0.25, -0.2) is 4.98 Å². The zero-order valence-electron chi connectivity index (χ0n) is 11.6. The van der Waals surface area contributed by atoms with E-state index < -0.39 is 0 Å². The summed E-state index contributed by atoms with van der Waals surface area (Å²) < 4.78 is 5.46. The van der Waals surface area contributed by atoms with Crippen molar-refractivity contribution in [3.63, 3.8) is 0 Å². The first-order chi connectivity index (χ1) is 9.70. The van der Waals surface area contributed by atoms with Crippen molar-refractivity contribution in [3.8, 4) is 0 Å². The molecule has 20 heavy (non-hydrogen) atoms. The summed E-state index contributed by atoms with van der Waals surface area (Å²) in [5.74, 6) is 1.34. The molecule has 106 valence electrons. The van der Waals surface area contributed by atoms with E-state index in [0.717, 1.165) is 30.7 Å². The SMILES string of the molecule is Cc1nc2ccc(NC(=O)CCC3CCNC3)cc2o1. The molecule has 1 aromatic heterocycles. The van der Waals surface area contributed by atoms with Gasteiger partial charge in [0.05, 0.1) is 0 Å². The van der Waals surface area contributed by atoms with Crippen molar-refractivity contribution in [3.05, 3.63) is 24.1 Å². The van der Waals surface area contributed by atoms with Crippen molar-refractivity contribution >= 4 is 22.7 Å². The molecule has 5 heteroatoms. The molecule has 3 rings (SSSR count). The van der Waals surface area contributed by atoms with E-state index in [0.29, 0.717) is 23.8 Å². The first-order valence-corrected chi connectivity index (χ1v) is 7.08. The lowest BCUT2D eigenvalue weighted by molar-refractivity contribution is -0.116. The highest BCUT2D eigenvalue weighted by Crippen LogP contribution is 2.20. The van der Waals surface area contributed by atoms with Crippen molar-refractivity contribution in [2.75, 3.05) is 18.4 Å². The van der Waals surface area contributed by atoms with Gasteiger partial charge in [0.15, 0.2) is 11.5 Å². The second-order valence-electron chi connectivity index (χ2n) is 5.36. The first-order valence-electron chi connectivity index (χ1n) is 7.08. The Morgan fingerprint density at radius 1 is 1.55 bits per heavy atom. The summed E-state index contributed by atoms with van der Waals surface area (Å²) in [7, 11) is 0. The van der Waals surface area contributed by atoms with Crippen LogP contribution in [0.2, 0.25) is 0 Å². The number of hydrogen-bond acceptors (Lipinski definition) is 4. The minimum atomic E-state index is 0.0625. The van der Waals surface area contributed by atoms with Crippen LogP contribution in [0.3, 0.4) is 0 Å². The summed E-state index contributed by atoms with van der Waals surface area (Å²) in [5.41, 5.74) is 2.29. The van der Waals surface area contributed by atoms with Gasteiger partial charge in [-0.15, -0.1) is 0 Å². The van der Waals surface area contributed by atoms with Crippen LogP contribution in [0.25, 0.3) is 11.1 Å². The molecule has 1 aliphatic heterocycles. The van der Waals surface area contributed by atoms with Gasteiger partial charge in [-0.05, 0) is 44.0 Å². The minimum absolute atomic E-state index is 0.0625. The molecule has 1 aliphatic rings. The van der Waals surface area contributed by atoms with E-state index in [2.05, 4.69) is 15.6 Å². The highest BCUT2D eigenvalue weighted by molar-refractivity contribution is 5.92. The van der Waals surface area contributed by atoms with Crippen LogP contribution in [0, 0.1) is 12.8 Å². The Balaban J connectivity index is 1.58. The minimum Gasteiger partial charge on any atom is -0.441 e. The molecular weight excluding hydrogens is 254 g/mol. The standard InChI is InChI=1S/C15H19N3O2/c1-10-17-13-4-3-12(8-14(13)20-10)18-15(19)5-2-11-6-7-16-9-11/h3-4,8,11,16H,2,5-7,9H2,1H3,(H,18,19). The molecular formula is C15H19N3O2. The van der Waals surface area contributed by atoms with Gasteiger partial charge in [0.1, 0.15) is 5.52 Å². The molecule has 1 aromatic carbocycles. The van der Waals surface area contributed by atoms with Crippen molar-refractivity contribution in [2.24, 2.45) is 5.92 Å². The van der Waals surface area contributed by atoms with E-state index in [-0.39, 0.29) is 5.91 Å². The number of nitrogens with one attached hydrogen (secondary N) is 2. The maximum atomic E-state index is 11.9. The zero-order valence-corrected chi connectivity index (χ0v) is 11.6. The van der Waals surface area contributed by atoms with Crippen LogP contribution < -0.4 is 10.6 Å². The Bertz CT molecular complexity index is 615. The monoisotopic (exact) mass is 273 g/mol. The molecule has 0 spiro atoms. The zero-order chi connectivity index (χ0) is 13.9. The Kier molecular flexibility index (Phi) is 3.69. The van der Waals surface area contributed by atoms with E-state index in [9.17, 15) is 4.79 Å². The highest BCUT2D eigenvalue weighted by Gasteiger charge is 2.15. The number of aromatic nitrogens is 1. The highest BCUT2D eigenvalue weighted by atomic mass is 16.3. The third kappa shape index (κ3) is 2.99. The average molecular weight is 273 g/mol. The van der Waals surface area contributed by atoms with Crippen molar-refractivity contribution in [1.29, 1.82) is 0 Å². The maximum absolute atomic E-state index is 11.9. The Hall–Kier alpha value is -1.88. The molecule has 0 aliphatic carbocycles. The van der Waals surface area contributed by atoms with Gasteiger partial charge < -0.3 is 15.1 Å². The number of fused-ring (bicyclic) bond motifs is 1.